The van der Waals surface area contributed by atoms with E-state index in [1.165, 1.54) is 31.4 Å². The van der Waals surface area contributed by atoms with Gasteiger partial charge < -0.3 is 14.2 Å². The predicted octanol–water partition coefficient (Wildman–Crippen LogP) is 5.27. The first-order chi connectivity index (χ1) is 15.7. The summed E-state index contributed by atoms with van der Waals surface area (Å²) in [5.41, 5.74) is 0.649. The Morgan fingerprint density at radius 1 is 1.30 bits per heavy atom. The maximum absolute atomic E-state index is 14.1. The fraction of sp³-hybridized carbons (Fsp3) is 0.227. The summed E-state index contributed by atoms with van der Waals surface area (Å²) in [5, 5.41) is -0.391. The standard InChI is InChI=1S/C22H18ClFINO6S/c1-3-31-19(27)11-32-20-16(25)7-12(8-17(20)30-2)9-18-21(28)26(22(29)33-18)10-13-14(23)5-4-6-15(13)24/h4-9H,3,10-11H2,1-2H3/b18-9-. The SMILES string of the molecule is CCOC(=O)COc1c(I)cc(/C=C2\SC(=O)N(Cc3c(F)cccc3Cl)C2=O)cc1OC. The van der Waals surface area contributed by atoms with Crippen molar-refractivity contribution in [3.63, 3.8) is 0 Å². The molecule has 1 heterocycles. The van der Waals surface area contributed by atoms with Crippen LogP contribution >= 0.6 is 46.0 Å². The van der Waals surface area contributed by atoms with Gasteiger partial charge in [0.25, 0.3) is 11.1 Å². The van der Waals surface area contributed by atoms with E-state index in [1.807, 2.05) is 22.6 Å². The summed E-state index contributed by atoms with van der Waals surface area (Å²) in [6.45, 7) is 1.39. The topological polar surface area (TPSA) is 82.1 Å². The Bertz CT molecular complexity index is 1120. The van der Waals surface area contributed by atoms with Crippen LogP contribution in [0.3, 0.4) is 0 Å². The maximum atomic E-state index is 14.1. The molecule has 0 aromatic heterocycles. The quantitative estimate of drug-likeness (QED) is 0.230. The van der Waals surface area contributed by atoms with Gasteiger partial charge in [0.05, 0.1) is 28.7 Å². The number of methoxy groups -OCH3 is 1. The molecule has 0 bridgehead atoms. The highest BCUT2D eigenvalue weighted by Crippen LogP contribution is 2.38. The van der Waals surface area contributed by atoms with E-state index >= 15 is 0 Å². The highest BCUT2D eigenvalue weighted by atomic mass is 127. The van der Waals surface area contributed by atoms with Crippen molar-refractivity contribution >= 4 is 69.1 Å². The largest absolute Gasteiger partial charge is 0.493 e. The molecule has 2 aromatic rings. The molecule has 1 fully saturated rings. The van der Waals surface area contributed by atoms with Crippen molar-refractivity contribution in [2.24, 2.45) is 0 Å². The molecule has 0 radical (unpaired) electrons. The first-order valence-corrected chi connectivity index (χ1v) is 11.9. The Kier molecular flexibility index (Phi) is 8.60. The van der Waals surface area contributed by atoms with Crippen molar-refractivity contribution in [3.05, 3.63) is 60.8 Å². The maximum Gasteiger partial charge on any atom is 0.344 e. The zero-order valence-corrected chi connectivity index (χ0v) is 21.3. The molecule has 33 heavy (non-hydrogen) atoms. The fourth-order valence-electron chi connectivity index (χ4n) is 2.93. The molecule has 11 heteroatoms. The highest BCUT2D eigenvalue weighted by molar-refractivity contribution is 14.1. The lowest BCUT2D eigenvalue weighted by Crippen LogP contribution is -2.28. The summed E-state index contributed by atoms with van der Waals surface area (Å²) in [4.78, 5) is 38.0. The number of nitrogens with zero attached hydrogens (tertiary/aromatic N) is 1. The number of halogens is 3. The summed E-state index contributed by atoms with van der Waals surface area (Å²) >= 11 is 8.79. The first-order valence-electron chi connectivity index (χ1n) is 9.59. The van der Waals surface area contributed by atoms with Gasteiger partial charge in [-0.1, -0.05) is 17.7 Å². The van der Waals surface area contributed by atoms with Gasteiger partial charge in [0.1, 0.15) is 5.82 Å². The number of carbonyl (C=O) groups is 3. The molecule has 7 nitrogen and oxygen atoms in total. The van der Waals surface area contributed by atoms with Crippen LogP contribution in [0.15, 0.2) is 35.2 Å². The average Bonchev–Trinajstić information content (AvgIpc) is 3.02. The second-order valence-electron chi connectivity index (χ2n) is 6.60. The summed E-state index contributed by atoms with van der Waals surface area (Å²) in [7, 11) is 1.44. The van der Waals surface area contributed by atoms with Crippen LogP contribution in [0.1, 0.15) is 18.1 Å². The molecule has 0 N–H and O–H groups in total. The molecule has 174 valence electrons. The molecule has 0 unspecified atom stereocenters. The normalized spacial score (nSPS) is 14.7. The molecule has 1 saturated heterocycles. The van der Waals surface area contributed by atoms with Gasteiger partial charge in [-0.15, -0.1) is 0 Å². The monoisotopic (exact) mass is 605 g/mol. The van der Waals surface area contributed by atoms with E-state index in [1.54, 1.807) is 19.1 Å². The summed E-state index contributed by atoms with van der Waals surface area (Å²) in [5.74, 6) is -0.965. The Hall–Kier alpha value is -2.31. The third-order valence-corrected chi connectivity index (χ3v) is 6.50. The number of rotatable bonds is 8. The molecule has 2 amide bonds. The minimum atomic E-state index is -0.594. The minimum absolute atomic E-state index is 0.0713. The van der Waals surface area contributed by atoms with E-state index in [0.717, 1.165) is 16.7 Å². The highest BCUT2D eigenvalue weighted by Gasteiger charge is 2.36. The van der Waals surface area contributed by atoms with Gasteiger partial charge in [0.2, 0.25) is 0 Å². The third-order valence-electron chi connectivity index (χ3n) is 4.44. The summed E-state index contributed by atoms with van der Waals surface area (Å²) < 4.78 is 30.5. The van der Waals surface area contributed by atoms with Crippen LogP contribution in [0.2, 0.25) is 5.02 Å². The van der Waals surface area contributed by atoms with Gasteiger partial charge >= 0.3 is 5.97 Å². The van der Waals surface area contributed by atoms with E-state index in [-0.39, 0.29) is 35.2 Å². The molecule has 1 aliphatic rings. The summed E-state index contributed by atoms with van der Waals surface area (Å²) in [6.07, 6.45) is 1.54. The zero-order chi connectivity index (χ0) is 24.1. The van der Waals surface area contributed by atoms with Crippen molar-refractivity contribution in [2.45, 2.75) is 13.5 Å². The van der Waals surface area contributed by atoms with Crippen LogP contribution in [-0.2, 0) is 20.9 Å². The number of amides is 2. The van der Waals surface area contributed by atoms with Gasteiger partial charge in [0.15, 0.2) is 18.1 Å². The van der Waals surface area contributed by atoms with Crippen LogP contribution < -0.4 is 9.47 Å². The lowest BCUT2D eigenvalue weighted by atomic mass is 10.1. The molecule has 2 aromatic carbocycles. The molecular weight excluding hydrogens is 588 g/mol. The second kappa shape index (κ2) is 11.2. The lowest BCUT2D eigenvalue weighted by Gasteiger charge is -2.14. The van der Waals surface area contributed by atoms with Crippen molar-refractivity contribution in [2.75, 3.05) is 20.3 Å². The smallest absolute Gasteiger partial charge is 0.344 e. The van der Waals surface area contributed by atoms with Crippen molar-refractivity contribution in [1.29, 1.82) is 0 Å². The van der Waals surface area contributed by atoms with Crippen LogP contribution in [-0.4, -0.2) is 42.3 Å². The Balaban J connectivity index is 1.83. The zero-order valence-electron chi connectivity index (χ0n) is 17.5. The number of benzene rings is 2. The number of hydrogen-bond acceptors (Lipinski definition) is 7. The van der Waals surface area contributed by atoms with Gasteiger partial charge in [0, 0.05) is 10.6 Å². The van der Waals surface area contributed by atoms with E-state index in [0.29, 0.717) is 20.6 Å². The van der Waals surface area contributed by atoms with E-state index in [2.05, 4.69) is 0 Å². The van der Waals surface area contributed by atoms with Gasteiger partial charge in [-0.05, 0) is 77.2 Å². The van der Waals surface area contributed by atoms with E-state index in [9.17, 15) is 18.8 Å². The molecule has 0 spiro atoms. The predicted molar refractivity (Wildman–Crippen MR) is 131 cm³/mol. The second-order valence-corrected chi connectivity index (χ2v) is 9.16. The number of esters is 1. The van der Waals surface area contributed by atoms with E-state index < -0.39 is 22.9 Å². The molecule has 1 aliphatic heterocycles. The first kappa shape index (κ1) is 25.3. The number of carbonyl (C=O) groups excluding carboxylic acids is 3. The van der Waals surface area contributed by atoms with Crippen molar-refractivity contribution in [1.82, 2.24) is 4.90 Å². The number of imide groups is 1. The number of hydrogen-bond donors (Lipinski definition) is 0. The summed E-state index contributed by atoms with van der Waals surface area (Å²) in [6, 6.07) is 7.49. The van der Waals surface area contributed by atoms with E-state index in [4.69, 9.17) is 25.8 Å². The van der Waals surface area contributed by atoms with Crippen LogP contribution in [0.4, 0.5) is 9.18 Å². The number of thioether (sulfide) groups is 1. The lowest BCUT2D eigenvalue weighted by molar-refractivity contribution is -0.145. The Morgan fingerprint density at radius 2 is 2.06 bits per heavy atom. The molecule has 0 saturated carbocycles. The van der Waals surface area contributed by atoms with Gasteiger partial charge in [-0.25, -0.2) is 9.18 Å². The fourth-order valence-corrected chi connectivity index (χ4v) is 4.77. The molecular formula is C22H18ClFINO6S. The Morgan fingerprint density at radius 3 is 2.73 bits per heavy atom. The van der Waals surface area contributed by atoms with Crippen LogP contribution in [0.25, 0.3) is 6.08 Å². The minimum Gasteiger partial charge on any atom is -0.493 e. The molecule has 0 atom stereocenters. The Labute approximate surface area is 212 Å². The van der Waals surface area contributed by atoms with Gasteiger partial charge in [-0.3, -0.25) is 14.5 Å². The number of ether oxygens (including phenoxy) is 3. The molecule has 0 aliphatic carbocycles. The van der Waals surface area contributed by atoms with Crippen LogP contribution in [0, 0.1) is 9.39 Å². The van der Waals surface area contributed by atoms with Crippen molar-refractivity contribution in [3.8, 4) is 11.5 Å². The van der Waals surface area contributed by atoms with Gasteiger partial charge in [-0.2, -0.15) is 0 Å². The van der Waals surface area contributed by atoms with Crippen LogP contribution in [0.5, 0.6) is 11.5 Å². The van der Waals surface area contributed by atoms with Crippen molar-refractivity contribution < 1.29 is 33.0 Å². The molecule has 3 rings (SSSR count). The average molecular weight is 606 g/mol. The third kappa shape index (κ3) is 5.98.